The molecule has 0 aliphatic carbocycles. The van der Waals surface area contributed by atoms with Crippen LogP contribution >= 0.6 is 0 Å². The predicted molar refractivity (Wildman–Crippen MR) is 76.4 cm³/mol. The Kier molecular flexibility index (Phi) is 6.13. The van der Waals surface area contributed by atoms with Crippen molar-refractivity contribution in [3.8, 4) is 5.75 Å². The van der Waals surface area contributed by atoms with Crippen LogP contribution < -0.4 is 4.74 Å². The Bertz CT molecular complexity index is 432. The molecule has 0 aliphatic heterocycles. The minimum absolute atomic E-state index is 0.232. The van der Waals surface area contributed by atoms with E-state index in [-0.39, 0.29) is 5.97 Å². The molecule has 0 saturated heterocycles. The third-order valence-electron chi connectivity index (χ3n) is 3.06. The van der Waals surface area contributed by atoms with Crippen LogP contribution in [0.2, 0.25) is 0 Å². The van der Waals surface area contributed by atoms with E-state index in [2.05, 4.69) is 19.1 Å². The van der Waals surface area contributed by atoms with Gasteiger partial charge in [0.05, 0.1) is 13.7 Å². The fourth-order valence-electron chi connectivity index (χ4n) is 1.75. The summed E-state index contributed by atoms with van der Waals surface area (Å²) in [5, 5.41) is 0. The van der Waals surface area contributed by atoms with Crippen LogP contribution in [0.1, 0.15) is 38.7 Å². The number of hydrogen-bond acceptors (Lipinski definition) is 3. The monoisotopic (exact) mass is 262 g/mol. The van der Waals surface area contributed by atoms with E-state index in [0.29, 0.717) is 18.1 Å². The van der Waals surface area contributed by atoms with Crippen molar-refractivity contribution >= 4 is 5.97 Å². The number of esters is 1. The highest BCUT2D eigenvalue weighted by Gasteiger charge is 2.07. The molecule has 0 heterocycles. The van der Waals surface area contributed by atoms with Gasteiger partial charge in [-0.05, 0) is 43.9 Å². The van der Waals surface area contributed by atoms with Crippen LogP contribution in [-0.2, 0) is 9.53 Å². The first kappa shape index (κ1) is 15.3. The summed E-state index contributed by atoms with van der Waals surface area (Å²) in [5.41, 5.74) is 1.90. The Balaban J connectivity index is 2.61. The van der Waals surface area contributed by atoms with Crippen LogP contribution in [0.3, 0.4) is 0 Å². The summed E-state index contributed by atoms with van der Waals surface area (Å²) < 4.78 is 10.1. The zero-order valence-corrected chi connectivity index (χ0v) is 12.1. The van der Waals surface area contributed by atoms with E-state index in [4.69, 9.17) is 9.47 Å². The number of carbonyl (C=O) groups is 1. The van der Waals surface area contributed by atoms with Gasteiger partial charge in [-0.15, -0.1) is 0 Å². The van der Waals surface area contributed by atoms with Gasteiger partial charge in [-0.25, -0.2) is 4.79 Å². The summed E-state index contributed by atoms with van der Waals surface area (Å²) >= 11 is 0. The molecule has 1 aromatic carbocycles. The Morgan fingerprint density at radius 1 is 1.32 bits per heavy atom. The second-order valence-electron chi connectivity index (χ2n) is 4.52. The van der Waals surface area contributed by atoms with Crippen LogP contribution in [0.5, 0.6) is 5.75 Å². The summed E-state index contributed by atoms with van der Waals surface area (Å²) in [6.45, 7) is 6.15. The van der Waals surface area contributed by atoms with Crippen LogP contribution in [-0.4, -0.2) is 19.7 Å². The van der Waals surface area contributed by atoms with E-state index < -0.39 is 0 Å². The van der Waals surface area contributed by atoms with Gasteiger partial charge in [0.25, 0.3) is 0 Å². The number of benzene rings is 1. The summed E-state index contributed by atoms with van der Waals surface area (Å²) in [4.78, 5) is 11.5. The molecule has 0 N–H and O–H groups in total. The first-order valence-corrected chi connectivity index (χ1v) is 6.56. The standard InChI is InChI=1S/C16H22O3/c1-5-19-16(17)13(3)7-6-12(2)14-8-10-15(18-4)11-9-14/h7-12H,5-6H2,1-4H3/b13-7+/t12-/m0/s1. The average molecular weight is 262 g/mol. The smallest absolute Gasteiger partial charge is 0.333 e. The Hall–Kier alpha value is -1.77. The van der Waals surface area contributed by atoms with E-state index in [9.17, 15) is 4.79 Å². The summed E-state index contributed by atoms with van der Waals surface area (Å²) in [6, 6.07) is 8.01. The molecule has 3 heteroatoms. The number of ether oxygens (including phenoxy) is 2. The zero-order chi connectivity index (χ0) is 14.3. The van der Waals surface area contributed by atoms with Crippen molar-refractivity contribution in [2.24, 2.45) is 0 Å². The largest absolute Gasteiger partial charge is 0.497 e. The highest BCUT2D eigenvalue weighted by molar-refractivity contribution is 5.87. The number of allylic oxidation sites excluding steroid dienone is 1. The molecule has 0 fully saturated rings. The van der Waals surface area contributed by atoms with E-state index in [1.807, 2.05) is 25.1 Å². The van der Waals surface area contributed by atoms with Crippen molar-refractivity contribution in [2.45, 2.75) is 33.1 Å². The quantitative estimate of drug-likeness (QED) is 0.579. The average Bonchev–Trinajstić information content (AvgIpc) is 2.44. The lowest BCUT2D eigenvalue weighted by Gasteiger charge is -2.10. The molecule has 0 aromatic heterocycles. The number of methoxy groups -OCH3 is 1. The molecule has 0 spiro atoms. The Morgan fingerprint density at radius 2 is 1.95 bits per heavy atom. The molecule has 1 rings (SSSR count). The molecule has 0 bridgehead atoms. The van der Waals surface area contributed by atoms with Crippen molar-refractivity contribution in [1.29, 1.82) is 0 Å². The Labute approximate surface area is 115 Å². The van der Waals surface area contributed by atoms with Crippen LogP contribution in [0, 0.1) is 0 Å². The fourth-order valence-corrected chi connectivity index (χ4v) is 1.75. The van der Waals surface area contributed by atoms with Gasteiger partial charge in [0.15, 0.2) is 0 Å². The second kappa shape index (κ2) is 7.62. The number of hydrogen-bond donors (Lipinski definition) is 0. The summed E-state index contributed by atoms with van der Waals surface area (Å²) in [7, 11) is 1.66. The molecule has 3 nitrogen and oxygen atoms in total. The normalized spacial score (nSPS) is 12.9. The second-order valence-corrected chi connectivity index (χ2v) is 4.52. The Morgan fingerprint density at radius 3 is 2.47 bits per heavy atom. The van der Waals surface area contributed by atoms with Crippen molar-refractivity contribution in [2.75, 3.05) is 13.7 Å². The molecule has 1 aromatic rings. The van der Waals surface area contributed by atoms with Gasteiger partial charge >= 0.3 is 5.97 Å². The van der Waals surface area contributed by atoms with Crippen molar-refractivity contribution < 1.29 is 14.3 Å². The predicted octanol–water partition coefficient (Wildman–Crippen LogP) is 3.70. The first-order valence-electron chi connectivity index (χ1n) is 6.56. The molecule has 0 unspecified atom stereocenters. The number of rotatable bonds is 6. The maximum Gasteiger partial charge on any atom is 0.333 e. The van der Waals surface area contributed by atoms with E-state index in [1.54, 1.807) is 14.0 Å². The maximum atomic E-state index is 11.5. The molecule has 1 atom stereocenters. The molecule has 104 valence electrons. The van der Waals surface area contributed by atoms with Gasteiger partial charge in [0.1, 0.15) is 5.75 Å². The lowest BCUT2D eigenvalue weighted by atomic mass is 9.97. The third-order valence-corrected chi connectivity index (χ3v) is 3.06. The zero-order valence-electron chi connectivity index (χ0n) is 12.1. The molecular formula is C16H22O3. The van der Waals surface area contributed by atoms with Crippen LogP contribution in [0.25, 0.3) is 0 Å². The topological polar surface area (TPSA) is 35.5 Å². The van der Waals surface area contributed by atoms with Gasteiger partial charge in [-0.3, -0.25) is 0 Å². The molecule has 0 aliphatic rings. The molecular weight excluding hydrogens is 240 g/mol. The van der Waals surface area contributed by atoms with Gasteiger partial charge in [-0.1, -0.05) is 25.1 Å². The minimum Gasteiger partial charge on any atom is -0.497 e. The van der Waals surface area contributed by atoms with Gasteiger partial charge in [0, 0.05) is 5.57 Å². The van der Waals surface area contributed by atoms with E-state index in [0.717, 1.165) is 12.2 Å². The maximum absolute atomic E-state index is 11.5. The summed E-state index contributed by atoms with van der Waals surface area (Å²) in [5.74, 6) is 0.980. The lowest BCUT2D eigenvalue weighted by Crippen LogP contribution is -2.05. The highest BCUT2D eigenvalue weighted by Crippen LogP contribution is 2.22. The highest BCUT2D eigenvalue weighted by atomic mass is 16.5. The van der Waals surface area contributed by atoms with E-state index >= 15 is 0 Å². The van der Waals surface area contributed by atoms with Crippen molar-refractivity contribution in [3.63, 3.8) is 0 Å². The van der Waals surface area contributed by atoms with Gasteiger partial charge < -0.3 is 9.47 Å². The fraction of sp³-hybridized carbons (Fsp3) is 0.438. The van der Waals surface area contributed by atoms with Gasteiger partial charge in [-0.2, -0.15) is 0 Å². The first-order chi connectivity index (χ1) is 9.08. The van der Waals surface area contributed by atoms with E-state index in [1.165, 1.54) is 5.56 Å². The molecule has 19 heavy (non-hydrogen) atoms. The van der Waals surface area contributed by atoms with Gasteiger partial charge in [0.2, 0.25) is 0 Å². The minimum atomic E-state index is -0.232. The van der Waals surface area contributed by atoms with Crippen molar-refractivity contribution in [3.05, 3.63) is 41.5 Å². The lowest BCUT2D eigenvalue weighted by molar-refractivity contribution is -0.138. The summed E-state index contributed by atoms with van der Waals surface area (Å²) in [6.07, 6.45) is 2.75. The SMILES string of the molecule is CCOC(=O)/C(C)=C/C[C@H](C)c1ccc(OC)cc1. The molecule has 0 saturated carbocycles. The number of carbonyl (C=O) groups excluding carboxylic acids is 1. The molecule has 0 amide bonds. The third kappa shape index (κ3) is 4.78. The van der Waals surface area contributed by atoms with Crippen LogP contribution in [0.15, 0.2) is 35.9 Å². The van der Waals surface area contributed by atoms with Crippen molar-refractivity contribution in [1.82, 2.24) is 0 Å². The van der Waals surface area contributed by atoms with Crippen LogP contribution in [0.4, 0.5) is 0 Å². The molecule has 0 radical (unpaired) electrons.